The molecular formula is C9H14ClNO2S2. The predicted octanol–water partition coefficient (Wildman–Crippen LogP) is 2.17. The summed E-state index contributed by atoms with van der Waals surface area (Å²) in [5.41, 5.74) is 0. The quantitative estimate of drug-likeness (QED) is 0.767. The van der Waals surface area contributed by atoms with Crippen molar-refractivity contribution in [2.45, 2.75) is 17.6 Å². The van der Waals surface area contributed by atoms with Crippen molar-refractivity contribution in [2.75, 3.05) is 19.5 Å². The molecule has 0 fully saturated rings. The van der Waals surface area contributed by atoms with Crippen molar-refractivity contribution >= 4 is 33.0 Å². The summed E-state index contributed by atoms with van der Waals surface area (Å²) in [4.78, 5) is 1.08. The van der Waals surface area contributed by atoms with Gasteiger partial charge in [-0.1, -0.05) is 6.92 Å². The van der Waals surface area contributed by atoms with Gasteiger partial charge in [-0.25, -0.2) is 8.42 Å². The van der Waals surface area contributed by atoms with E-state index >= 15 is 0 Å². The highest BCUT2D eigenvalue weighted by Crippen LogP contribution is 2.24. The molecule has 0 aliphatic heterocycles. The normalized spacial score (nSPS) is 12.3. The van der Waals surface area contributed by atoms with Crippen molar-refractivity contribution in [1.29, 1.82) is 0 Å². The lowest BCUT2D eigenvalue weighted by Crippen LogP contribution is -2.28. The molecule has 1 aromatic heterocycles. The molecule has 0 spiro atoms. The third-order valence-corrected chi connectivity index (χ3v) is 5.77. The van der Waals surface area contributed by atoms with E-state index in [0.29, 0.717) is 16.6 Å². The Kier molecular flexibility index (Phi) is 4.58. The van der Waals surface area contributed by atoms with Crippen LogP contribution in [0.25, 0.3) is 0 Å². The second kappa shape index (κ2) is 5.30. The molecule has 3 nitrogen and oxygen atoms in total. The van der Waals surface area contributed by atoms with E-state index in [-0.39, 0.29) is 0 Å². The van der Waals surface area contributed by atoms with Crippen LogP contribution in [-0.2, 0) is 16.4 Å². The number of thiophene rings is 1. The third kappa shape index (κ3) is 2.93. The van der Waals surface area contributed by atoms with E-state index in [9.17, 15) is 8.42 Å². The highest BCUT2D eigenvalue weighted by molar-refractivity contribution is 7.91. The molecule has 1 heterocycles. The molecule has 0 saturated carbocycles. The zero-order valence-corrected chi connectivity index (χ0v) is 11.1. The standard InChI is InChI=1S/C9H14ClNO2S2/c1-3-8-4-5-9(14-8)15(12,13)11(2)7-6-10/h4-5H,3,6-7H2,1-2H3. The first-order chi connectivity index (χ1) is 7.02. The number of hydrogen-bond donors (Lipinski definition) is 0. The summed E-state index contributed by atoms with van der Waals surface area (Å²) in [6.07, 6.45) is 0.861. The van der Waals surface area contributed by atoms with Crippen LogP contribution in [0.4, 0.5) is 0 Å². The highest BCUT2D eigenvalue weighted by atomic mass is 35.5. The van der Waals surface area contributed by atoms with E-state index in [1.807, 2.05) is 13.0 Å². The van der Waals surface area contributed by atoms with Crippen LogP contribution in [0.1, 0.15) is 11.8 Å². The first-order valence-electron chi connectivity index (χ1n) is 4.63. The fraction of sp³-hybridized carbons (Fsp3) is 0.556. The van der Waals surface area contributed by atoms with Gasteiger partial charge >= 0.3 is 0 Å². The number of rotatable bonds is 5. The van der Waals surface area contributed by atoms with Crippen molar-refractivity contribution in [2.24, 2.45) is 0 Å². The maximum Gasteiger partial charge on any atom is 0.252 e. The average Bonchev–Trinajstić information content (AvgIpc) is 2.66. The van der Waals surface area contributed by atoms with Gasteiger partial charge in [-0.15, -0.1) is 22.9 Å². The summed E-state index contributed by atoms with van der Waals surface area (Å²) in [5.74, 6) is 0.307. The fourth-order valence-corrected chi connectivity index (χ4v) is 4.11. The van der Waals surface area contributed by atoms with Crippen LogP contribution in [0.15, 0.2) is 16.3 Å². The average molecular weight is 268 g/mol. The first-order valence-corrected chi connectivity index (χ1v) is 7.42. The van der Waals surface area contributed by atoms with Crippen molar-refractivity contribution in [3.8, 4) is 0 Å². The van der Waals surface area contributed by atoms with Crippen molar-refractivity contribution in [1.82, 2.24) is 4.31 Å². The summed E-state index contributed by atoms with van der Waals surface area (Å²) in [6, 6.07) is 3.51. The van der Waals surface area contributed by atoms with Crippen molar-refractivity contribution < 1.29 is 8.42 Å². The van der Waals surface area contributed by atoms with Crippen LogP contribution in [0, 0.1) is 0 Å². The topological polar surface area (TPSA) is 37.4 Å². The molecule has 0 amide bonds. The molecule has 0 aromatic carbocycles. The van der Waals surface area contributed by atoms with Gasteiger partial charge in [-0.3, -0.25) is 0 Å². The summed E-state index contributed by atoms with van der Waals surface area (Å²) in [7, 11) is -1.78. The van der Waals surface area contributed by atoms with Gasteiger partial charge < -0.3 is 0 Å². The molecule has 0 aliphatic carbocycles. The number of hydrogen-bond acceptors (Lipinski definition) is 3. The Balaban J connectivity index is 2.95. The van der Waals surface area contributed by atoms with Crippen LogP contribution >= 0.6 is 22.9 Å². The molecule has 15 heavy (non-hydrogen) atoms. The van der Waals surface area contributed by atoms with Crippen LogP contribution in [0.2, 0.25) is 0 Å². The minimum absolute atomic E-state index is 0.307. The molecule has 0 N–H and O–H groups in total. The lowest BCUT2D eigenvalue weighted by molar-refractivity contribution is 0.490. The number of nitrogens with zero attached hydrogens (tertiary/aromatic N) is 1. The molecule has 0 saturated heterocycles. The van der Waals surface area contributed by atoms with E-state index in [1.54, 1.807) is 13.1 Å². The van der Waals surface area contributed by atoms with Gasteiger partial charge in [0.1, 0.15) is 4.21 Å². The zero-order valence-electron chi connectivity index (χ0n) is 8.73. The number of aryl methyl sites for hydroxylation is 1. The van der Waals surface area contributed by atoms with E-state index in [1.165, 1.54) is 15.6 Å². The van der Waals surface area contributed by atoms with E-state index in [4.69, 9.17) is 11.6 Å². The number of alkyl halides is 1. The van der Waals surface area contributed by atoms with Crippen molar-refractivity contribution in [3.63, 3.8) is 0 Å². The first kappa shape index (κ1) is 13.0. The minimum atomic E-state index is -3.32. The van der Waals surface area contributed by atoms with E-state index < -0.39 is 10.0 Å². The third-order valence-electron chi connectivity index (χ3n) is 2.05. The Bertz CT molecular complexity index is 414. The number of sulfonamides is 1. The van der Waals surface area contributed by atoms with E-state index in [2.05, 4.69) is 0 Å². The highest BCUT2D eigenvalue weighted by Gasteiger charge is 2.21. The Morgan fingerprint density at radius 3 is 2.60 bits per heavy atom. The summed E-state index contributed by atoms with van der Waals surface area (Å²) >= 11 is 6.84. The van der Waals surface area contributed by atoms with E-state index in [0.717, 1.165) is 11.3 Å². The second-order valence-electron chi connectivity index (χ2n) is 3.09. The van der Waals surface area contributed by atoms with Gasteiger partial charge in [-0.2, -0.15) is 4.31 Å². The Morgan fingerprint density at radius 1 is 1.47 bits per heavy atom. The van der Waals surface area contributed by atoms with Gasteiger partial charge in [0.15, 0.2) is 0 Å². The maximum absolute atomic E-state index is 11.9. The summed E-state index contributed by atoms with van der Waals surface area (Å²) in [6.45, 7) is 2.34. The lowest BCUT2D eigenvalue weighted by Gasteiger charge is -2.13. The SMILES string of the molecule is CCc1ccc(S(=O)(=O)N(C)CCCl)s1. The molecule has 86 valence electrons. The van der Waals surface area contributed by atoms with Crippen molar-refractivity contribution in [3.05, 3.63) is 17.0 Å². The Labute approximate surface area is 99.7 Å². The Morgan fingerprint density at radius 2 is 2.13 bits per heavy atom. The number of halogens is 1. The van der Waals surface area contributed by atoms with Gasteiger partial charge in [0.25, 0.3) is 10.0 Å². The van der Waals surface area contributed by atoms with Gasteiger partial charge in [-0.05, 0) is 18.6 Å². The molecule has 0 atom stereocenters. The van der Waals surface area contributed by atoms with Crippen LogP contribution in [-0.4, -0.2) is 32.2 Å². The smallest absolute Gasteiger partial charge is 0.206 e. The molecule has 1 rings (SSSR count). The van der Waals surface area contributed by atoms with Gasteiger partial charge in [0, 0.05) is 24.3 Å². The second-order valence-corrected chi connectivity index (χ2v) is 6.91. The molecule has 0 radical (unpaired) electrons. The fourth-order valence-electron chi connectivity index (χ4n) is 1.08. The lowest BCUT2D eigenvalue weighted by atomic mass is 10.4. The summed E-state index contributed by atoms with van der Waals surface area (Å²) < 4.78 is 25.5. The van der Waals surface area contributed by atoms with Crippen LogP contribution in [0.5, 0.6) is 0 Å². The maximum atomic E-state index is 11.9. The van der Waals surface area contributed by atoms with Gasteiger partial charge in [0.2, 0.25) is 0 Å². The summed E-state index contributed by atoms with van der Waals surface area (Å²) in [5, 5.41) is 0. The monoisotopic (exact) mass is 267 g/mol. The predicted molar refractivity (Wildman–Crippen MR) is 64.2 cm³/mol. The van der Waals surface area contributed by atoms with Gasteiger partial charge in [0.05, 0.1) is 0 Å². The molecule has 6 heteroatoms. The molecule has 0 aliphatic rings. The van der Waals surface area contributed by atoms with Crippen LogP contribution < -0.4 is 0 Å². The largest absolute Gasteiger partial charge is 0.252 e. The minimum Gasteiger partial charge on any atom is -0.206 e. The zero-order chi connectivity index (χ0) is 11.5. The molecule has 1 aromatic rings. The molecule has 0 bridgehead atoms. The molecule has 0 unspecified atom stereocenters. The van der Waals surface area contributed by atoms with Crippen LogP contribution in [0.3, 0.4) is 0 Å². The Hall–Kier alpha value is -0.100. The molecular weight excluding hydrogens is 254 g/mol.